The van der Waals surface area contributed by atoms with E-state index in [2.05, 4.69) is 13.0 Å². The van der Waals surface area contributed by atoms with Gasteiger partial charge in [0.1, 0.15) is 0 Å². The van der Waals surface area contributed by atoms with Crippen molar-refractivity contribution >= 4 is 0 Å². The van der Waals surface area contributed by atoms with Crippen molar-refractivity contribution < 1.29 is 9.47 Å². The molecule has 12 heavy (non-hydrogen) atoms. The SMILES string of the molecule is C/C=C1\CCO[C@@H]2OCCCC12. The molecule has 2 fully saturated rings. The van der Waals surface area contributed by atoms with E-state index < -0.39 is 0 Å². The molecule has 0 aromatic carbocycles. The van der Waals surface area contributed by atoms with E-state index >= 15 is 0 Å². The molecule has 2 heteroatoms. The highest BCUT2D eigenvalue weighted by molar-refractivity contribution is 5.09. The van der Waals surface area contributed by atoms with Gasteiger partial charge in [0.2, 0.25) is 0 Å². The van der Waals surface area contributed by atoms with Gasteiger partial charge in [-0.25, -0.2) is 0 Å². The highest BCUT2D eigenvalue weighted by Gasteiger charge is 2.32. The monoisotopic (exact) mass is 168 g/mol. The summed E-state index contributed by atoms with van der Waals surface area (Å²) >= 11 is 0. The van der Waals surface area contributed by atoms with Crippen molar-refractivity contribution in [1.29, 1.82) is 0 Å². The zero-order valence-electron chi connectivity index (χ0n) is 7.58. The van der Waals surface area contributed by atoms with E-state index in [1.54, 1.807) is 0 Å². The summed E-state index contributed by atoms with van der Waals surface area (Å²) in [6.07, 6.45) is 5.82. The van der Waals surface area contributed by atoms with Crippen LogP contribution in [-0.4, -0.2) is 19.5 Å². The summed E-state index contributed by atoms with van der Waals surface area (Å²) in [6.45, 7) is 3.82. The predicted molar refractivity (Wildman–Crippen MR) is 46.8 cm³/mol. The maximum absolute atomic E-state index is 5.55. The maximum Gasteiger partial charge on any atom is 0.164 e. The Balaban J connectivity index is 2.09. The summed E-state index contributed by atoms with van der Waals surface area (Å²) < 4.78 is 11.1. The van der Waals surface area contributed by atoms with Crippen LogP contribution in [0.1, 0.15) is 26.2 Å². The van der Waals surface area contributed by atoms with Crippen LogP contribution in [0.3, 0.4) is 0 Å². The third-order valence-corrected chi connectivity index (χ3v) is 2.79. The van der Waals surface area contributed by atoms with E-state index in [1.165, 1.54) is 18.4 Å². The summed E-state index contributed by atoms with van der Waals surface area (Å²) in [5, 5.41) is 0. The van der Waals surface area contributed by atoms with Crippen molar-refractivity contribution in [3.8, 4) is 0 Å². The maximum atomic E-state index is 5.55. The molecule has 0 aliphatic carbocycles. The van der Waals surface area contributed by atoms with E-state index in [0.29, 0.717) is 5.92 Å². The minimum Gasteiger partial charge on any atom is -0.352 e. The number of fused-ring (bicyclic) bond motifs is 1. The first-order valence-corrected chi connectivity index (χ1v) is 4.80. The first-order chi connectivity index (χ1) is 5.92. The normalized spacial score (nSPS) is 39.6. The van der Waals surface area contributed by atoms with E-state index in [1.807, 2.05) is 0 Å². The second-order valence-corrected chi connectivity index (χ2v) is 3.47. The summed E-state index contributed by atoms with van der Waals surface area (Å²) in [5.74, 6) is 0.553. The lowest BCUT2D eigenvalue weighted by molar-refractivity contribution is -0.197. The Kier molecular flexibility index (Phi) is 2.47. The summed E-state index contributed by atoms with van der Waals surface area (Å²) in [6, 6.07) is 0. The van der Waals surface area contributed by atoms with Crippen LogP contribution >= 0.6 is 0 Å². The van der Waals surface area contributed by atoms with Gasteiger partial charge in [-0.2, -0.15) is 0 Å². The van der Waals surface area contributed by atoms with Crippen molar-refractivity contribution in [1.82, 2.24) is 0 Å². The molecule has 68 valence electrons. The molecule has 0 N–H and O–H groups in total. The Bertz CT molecular complexity index is 184. The van der Waals surface area contributed by atoms with Crippen molar-refractivity contribution in [2.45, 2.75) is 32.5 Å². The van der Waals surface area contributed by atoms with Gasteiger partial charge in [-0.1, -0.05) is 11.6 Å². The molecule has 2 aliphatic heterocycles. The highest BCUT2D eigenvalue weighted by atomic mass is 16.7. The number of hydrogen-bond donors (Lipinski definition) is 0. The third kappa shape index (κ3) is 1.41. The number of rotatable bonds is 0. The summed E-state index contributed by atoms with van der Waals surface area (Å²) in [4.78, 5) is 0. The van der Waals surface area contributed by atoms with Crippen LogP contribution in [0.4, 0.5) is 0 Å². The molecule has 0 spiro atoms. The third-order valence-electron chi connectivity index (χ3n) is 2.79. The molecule has 0 aromatic heterocycles. The number of ether oxygens (including phenoxy) is 2. The Labute approximate surface area is 73.5 Å². The topological polar surface area (TPSA) is 18.5 Å². The van der Waals surface area contributed by atoms with Crippen LogP contribution in [0.2, 0.25) is 0 Å². The van der Waals surface area contributed by atoms with Gasteiger partial charge < -0.3 is 9.47 Å². The standard InChI is InChI=1S/C10H16O2/c1-2-8-5-7-12-10-9(8)4-3-6-11-10/h2,9-10H,3-7H2,1H3/b8-2+/t9?,10-/m0/s1. The van der Waals surface area contributed by atoms with Gasteiger partial charge in [0.05, 0.1) is 6.61 Å². The predicted octanol–water partition coefficient (Wildman–Crippen LogP) is 2.11. The quantitative estimate of drug-likeness (QED) is 0.516. The smallest absolute Gasteiger partial charge is 0.164 e. The largest absolute Gasteiger partial charge is 0.352 e. The van der Waals surface area contributed by atoms with Gasteiger partial charge in [-0.15, -0.1) is 0 Å². The van der Waals surface area contributed by atoms with Crippen LogP contribution in [0.15, 0.2) is 11.6 Å². The van der Waals surface area contributed by atoms with E-state index in [-0.39, 0.29) is 6.29 Å². The van der Waals surface area contributed by atoms with Crippen LogP contribution < -0.4 is 0 Å². The molecular weight excluding hydrogens is 152 g/mol. The van der Waals surface area contributed by atoms with Gasteiger partial charge in [0.25, 0.3) is 0 Å². The lowest BCUT2D eigenvalue weighted by Gasteiger charge is -2.37. The fraction of sp³-hybridized carbons (Fsp3) is 0.800. The molecule has 0 aromatic rings. The molecule has 1 unspecified atom stereocenters. The van der Waals surface area contributed by atoms with Gasteiger partial charge in [-0.05, 0) is 26.2 Å². The summed E-state index contributed by atoms with van der Waals surface area (Å²) in [5.41, 5.74) is 1.53. The Morgan fingerprint density at radius 3 is 3.00 bits per heavy atom. The molecule has 0 saturated carbocycles. The molecule has 2 nitrogen and oxygen atoms in total. The first-order valence-electron chi connectivity index (χ1n) is 4.80. The first kappa shape index (κ1) is 8.27. The molecular formula is C10H16O2. The number of hydrogen-bond acceptors (Lipinski definition) is 2. The van der Waals surface area contributed by atoms with Gasteiger partial charge in [0, 0.05) is 12.5 Å². The highest BCUT2D eigenvalue weighted by Crippen LogP contribution is 2.33. The van der Waals surface area contributed by atoms with Crippen molar-refractivity contribution in [2.75, 3.05) is 13.2 Å². The molecule has 0 bridgehead atoms. The molecule has 2 heterocycles. The average molecular weight is 168 g/mol. The Morgan fingerprint density at radius 2 is 2.17 bits per heavy atom. The second kappa shape index (κ2) is 3.58. The fourth-order valence-electron chi connectivity index (χ4n) is 2.12. The Morgan fingerprint density at radius 1 is 1.33 bits per heavy atom. The molecule has 2 rings (SSSR count). The minimum atomic E-state index is 0.0682. The van der Waals surface area contributed by atoms with E-state index in [0.717, 1.165) is 19.6 Å². The molecule has 0 radical (unpaired) electrons. The van der Waals surface area contributed by atoms with Gasteiger partial charge in [0.15, 0.2) is 6.29 Å². The lowest BCUT2D eigenvalue weighted by Crippen LogP contribution is -2.37. The molecule has 2 saturated heterocycles. The fourth-order valence-corrected chi connectivity index (χ4v) is 2.12. The van der Waals surface area contributed by atoms with Crippen LogP contribution in [0.25, 0.3) is 0 Å². The second-order valence-electron chi connectivity index (χ2n) is 3.47. The van der Waals surface area contributed by atoms with Crippen LogP contribution in [0.5, 0.6) is 0 Å². The lowest BCUT2D eigenvalue weighted by atomic mass is 9.88. The zero-order chi connectivity index (χ0) is 8.39. The summed E-state index contributed by atoms with van der Waals surface area (Å²) in [7, 11) is 0. The molecule has 2 aliphatic rings. The average Bonchev–Trinajstić information content (AvgIpc) is 2.17. The van der Waals surface area contributed by atoms with Gasteiger partial charge in [-0.3, -0.25) is 0 Å². The van der Waals surface area contributed by atoms with Gasteiger partial charge >= 0.3 is 0 Å². The van der Waals surface area contributed by atoms with Crippen LogP contribution in [0, 0.1) is 5.92 Å². The molecule has 2 atom stereocenters. The number of allylic oxidation sites excluding steroid dienone is 1. The zero-order valence-corrected chi connectivity index (χ0v) is 7.58. The Hall–Kier alpha value is -0.340. The van der Waals surface area contributed by atoms with Crippen LogP contribution in [-0.2, 0) is 9.47 Å². The molecule has 0 amide bonds. The van der Waals surface area contributed by atoms with Crippen molar-refractivity contribution in [2.24, 2.45) is 5.92 Å². The van der Waals surface area contributed by atoms with Crippen molar-refractivity contribution in [3.63, 3.8) is 0 Å². The van der Waals surface area contributed by atoms with Crippen molar-refractivity contribution in [3.05, 3.63) is 11.6 Å². The van der Waals surface area contributed by atoms with E-state index in [4.69, 9.17) is 9.47 Å². The van der Waals surface area contributed by atoms with E-state index in [9.17, 15) is 0 Å². The minimum absolute atomic E-state index is 0.0682.